The average Bonchev–Trinajstić information content (AvgIpc) is 3.16. The number of hydrogen-bond donors (Lipinski definition) is 2. The van der Waals surface area contributed by atoms with Gasteiger partial charge in [0.25, 0.3) is 0 Å². The molecule has 2 N–H and O–H groups in total. The fraction of sp³-hybridized carbons (Fsp3) is 0.250. The maximum atomic E-state index is 9.89. The van der Waals surface area contributed by atoms with Crippen molar-refractivity contribution >= 4 is 17.6 Å². The van der Waals surface area contributed by atoms with Gasteiger partial charge in [0.1, 0.15) is 5.75 Å². The van der Waals surface area contributed by atoms with Crippen molar-refractivity contribution < 1.29 is 9.94 Å². The standard InChI is InChI=1S/C24H25N3O2S/c1-15-14-18(10-13-22(15)30-3)29-24-20(11-8-16(2)25-24)23(27-28)26-21-12-9-17-6-4-5-7-19(17)21/h4-8,10-11,13-14,21,28H,9,12H2,1-3H3,(H,26,27). The lowest BCUT2D eigenvalue weighted by molar-refractivity contribution is 0.233. The number of fused-ring (bicyclic) bond motifs is 1. The first kappa shape index (κ1) is 20.4. The van der Waals surface area contributed by atoms with Crippen molar-refractivity contribution in [2.75, 3.05) is 6.26 Å². The molecule has 2 aromatic carbocycles. The minimum Gasteiger partial charge on any atom is -0.438 e. The van der Waals surface area contributed by atoms with Crippen molar-refractivity contribution in [3.05, 3.63) is 82.5 Å². The van der Waals surface area contributed by atoms with Gasteiger partial charge in [-0.15, -0.1) is 11.8 Å². The van der Waals surface area contributed by atoms with Crippen LogP contribution in [-0.2, 0) is 6.42 Å². The first-order valence-corrected chi connectivity index (χ1v) is 11.2. The molecular formula is C24H25N3O2S. The molecule has 0 saturated carbocycles. The van der Waals surface area contributed by atoms with E-state index in [1.165, 1.54) is 16.0 Å². The molecule has 5 nitrogen and oxygen atoms in total. The van der Waals surface area contributed by atoms with Gasteiger partial charge in [-0.2, -0.15) is 0 Å². The molecule has 6 heteroatoms. The molecule has 0 spiro atoms. The Kier molecular flexibility index (Phi) is 6.06. The number of ether oxygens (including phenoxy) is 1. The zero-order valence-corrected chi connectivity index (χ0v) is 18.2. The van der Waals surface area contributed by atoms with E-state index in [9.17, 15) is 5.21 Å². The molecule has 1 aliphatic rings. The number of nitrogens with zero attached hydrogens (tertiary/aromatic N) is 2. The second kappa shape index (κ2) is 8.90. The van der Waals surface area contributed by atoms with Crippen molar-refractivity contribution in [1.82, 2.24) is 10.5 Å². The van der Waals surface area contributed by atoms with Gasteiger partial charge >= 0.3 is 0 Å². The zero-order chi connectivity index (χ0) is 21.1. The van der Waals surface area contributed by atoms with Crippen LogP contribution in [0.15, 0.2) is 64.5 Å². The minimum absolute atomic E-state index is 0.00638. The number of hydroxylamine groups is 1. The highest BCUT2D eigenvalue weighted by Gasteiger charge is 2.23. The summed E-state index contributed by atoms with van der Waals surface area (Å²) in [5, 5.41) is 9.89. The number of aromatic nitrogens is 1. The van der Waals surface area contributed by atoms with Gasteiger partial charge in [-0.3, -0.25) is 15.7 Å². The summed E-state index contributed by atoms with van der Waals surface area (Å²) in [5.41, 5.74) is 7.39. The molecule has 1 heterocycles. The maximum Gasteiger partial charge on any atom is 0.230 e. The van der Waals surface area contributed by atoms with Gasteiger partial charge in [0.05, 0.1) is 11.6 Å². The second-order valence-corrected chi connectivity index (χ2v) is 8.23. The van der Waals surface area contributed by atoms with Crippen molar-refractivity contribution in [3.8, 4) is 11.6 Å². The Morgan fingerprint density at radius 2 is 2.00 bits per heavy atom. The highest BCUT2D eigenvalue weighted by molar-refractivity contribution is 7.98. The molecular weight excluding hydrogens is 394 g/mol. The Morgan fingerprint density at radius 1 is 1.17 bits per heavy atom. The van der Waals surface area contributed by atoms with Crippen LogP contribution in [0.25, 0.3) is 0 Å². The quantitative estimate of drug-likeness (QED) is 0.243. The van der Waals surface area contributed by atoms with Crippen LogP contribution in [0.3, 0.4) is 0 Å². The summed E-state index contributed by atoms with van der Waals surface area (Å²) in [6.45, 7) is 3.97. The summed E-state index contributed by atoms with van der Waals surface area (Å²) in [6, 6.07) is 18.1. The third-order valence-electron chi connectivity index (χ3n) is 5.33. The molecule has 4 rings (SSSR count). The predicted octanol–water partition coefficient (Wildman–Crippen LogP) is 5.63. The van der Waals surface area contributed by atoms with Gasteiger partial charge in [-0.1, -0.05) is 24.3 Å². The van der Waals surface area contributed by atoms with E-state index in [2.05, 4.69) is 41.8 Å². The molecule has 30 heavy (non-hydrogen) atoms. The van der Waals surface area contributed by atoms with Crippen LogP contribution >= 0.6 is 11.8 Å². The lowest BCUT2D eigenvalue weighted by atomic mass is 10.1. The number of aliphatic imine (C=N–C) groups is 1. The molecule has 154 valence electrons. The van der Waals surface area contributed by atoms with Gasteiger partial charge in [0, 0.05) is 10.6 Å². The number of aryl methyl sites for hydroxylation is 3. The molecule has 1 aromatic heterocycles. The summed E-state index contributed by atoms with van der Waals surface area (Å²) in [6.07, 6.45) is 3.95. The number of benzene rings is 2. The molecule has 3 aromatic rings. The molecule has 0 amide bonds. The smallest absolute Gasteiger partial charge is 0.230 e. The van der Waals surface area contributed by atoms with E-state index in [1.807, 2.05) is 43.3 Å². The van der Waals surface area contributed by atoms with E-state index in [0.717, 1.165) is 24.1 Å². The van der Waals surface area contributed by atoms with Crippen LogP contribution in [-0.4, -0.2) is 22.3 Å². The Morgan fingerprint density at radius 3 is 2.77 bits per heavy atom. The molecule has 0 fully saturated rings. The van der Waals surface area contributed by atoms with Crippen LogP contribution < -0.4 is 10.2 Å². The molecule has 1 aliphatic carbocycles. The highest BCUT2D eigenvalue weighted by atomic mass is 32.2. The van der Waals surface area contributed by atoms with Gasteiger partial charge < -0.3 is 4.74 Å². The summed E-state index contributed by atoms with van der Waals surface area (Å²) in [5.74, 6) is 1.47. The summed E-state index contributed by atoms with van der Waals surface area (Å²) in [4.78, 5) is 10.6. The van der Waals surface area contributed by atoms with Gasteiger partial charge in [-0.25, -0.2) is 4.98 Å². The van der Waals surface area contributed by atoms with Gasteiger partial charge in [0.2, 0.25) is 5.88 Å². The molecule has 1 unspecified atom stereocenters. The Hall–Kier alpha value is -2.83. The third-order valence-corrected chi connectivity index (χ3v) is 6.23. The van der Waals surface area contributed by atoms with E-state index in [4.69, 9.17) is 9.73 Å². The van der Waals surface area contributed by atoms with Crippen molar-refractivity contribution in [3.63, 3.8) is 0 Å². The van der Waals surface area contributed by atoms with Crippen LogP contribution in [0.1, 0.15) is 40.4 Å². The van der Waals surface area contributed by atoms with E-state index < -0.39 is 0 Å². The van der Waals surface area contributed by atoms with E-state index in [1.54, 1.807) is 11.8 Å². The van der Waals surface area contributed by atoms with Crippen LogP contribution in [0.5, 0.6) is 11.6 Å². The molecule has 0 aliphatic heterocycles. The first-order chi connectivity index (χ1) is 14.6. The van der Waals surface area contributed by atoms with Crippen LogP contribution in [0, 0.1) is 13.8 Å². The maximum absolute atomic E-state index is 9.89. The SMILES string of the molecule is CSc1ccc(Oc2nc(C)ccc2C(=NC2CCc3ccccc32)NO)cc1C. The summed E-state index contributed by atoms with van der Waals surface area (Å²) >= 11 is 1.70. The number of rotatable bonds is 5. The Balaban J connectivity index is 1.69. The normalized spacial score (nSPS) is 15.7. The van der Waals surface area contributed by atoms with Gasteiger partial charge in [0.15, 0.2) is 5.84 Å². The topological polar surface area (TPSA) is 66.7 Å². The van der Waals surface area contributed by atoms with E-state index in [-0.39, 0.29) is 6.04 Å². The number of amidine groups is 1. The van der Waals surface area contributed by atoms with Crippen molar-refractivity contribution in [2.24, 2.45) is 4.99 Å². The molecule has 0 saturated heterocycles. The largest absolute Gasteiger partial charge is 0.438 e. The van der Waals surface area contributed by atoms with Crippen LogP contribution in [0.4, 0.5) is 0 Å². The molecule has 0 radical (unpaired) electrons. The van der Waals surface area contributed by atoms with Crippen molar-refractivity contribution in [2.45, 2.75) is 37.6 Å². The minimum atomic E-state index is -0.00638. The fourth-order valence-corrected chi connectivity index (χ4v) is 4.39. The van der Waals surface area contributed by atoms with Crippen LogP contribution in [0.2, 0.25) is 0 Å². The Bertz CT molecular complexity index is 1100. The van der Waals surface area contributed by atoms with Gasteiger partial charge in [-0.05, 0) is 80.0 Å². The first-order valence-electron chi connectivity index (χ1n) is 9.95. The number of thioether (sulfide) groups is 1. The third kappa shape index (κ3) is 4.20. The summed E-state index contributed by atoms with van der Waals surface area (Å²) in [7, 11) is 0. The van der Waals surface area contributed by atoms with E-state index >= 15 is 0 Å². The average molecular weight is 420 g/mol. The van der Waals surface area contributed by atoms with E-state index in [0.29, 0.717) is 23.0 Å². The predicted molar refractivity (Wildman–Crippen MR) is 121 cm³/mol. The lowest BCUT2D eigenvalue weighted by Crippen LogP contribution is -2.22. The Labute approximate surface area is 181 Å². The molecule has 0 bridgehead atoms. The number of nitrogens with one attached hydrogen (secondary N) is 1. The fourth-order valence-electron chi connectivity index (χ4n) is 3.80. The van der Waals surface area contributed by atoms with Crippen molar-refractivity contribution in [1.29, 1.82) is 0 Å². The highest BCUT2D eigenvalue weighted by Crippen LogP contribution is 2.35. The lowest BCUT2D eigenvalue weighted by Gasteiger charge is -2.15. The zero-order valence-electron chi connectivity index (χ0n) is 17.3. The number of pyridine rings is 1. The second-order valence-electron chi connectivity index (χ2n) is 7.38. The molecule has 1 atom stereocenters. The monoisotopic (exact) mass is 419 g/mol. The summed E-state index contributed by atoms with van der Waals surface area (Å²) < 4.78 is 6.14. The number of hydrogen-bond acceptors (Lipinski definition) is 5.